The molecule has 0 aromatic carbocycles. The van der Waals surface area contributed by atoms with E-state index in [9.17, 15) is 0 Å². The van der Waals surface area contributed by atoms with E-state index in [0.29, 0.717) is 4.75 Å². The maximum Gasteiger partial charge on any atom is 0.147 e. The van der Waals surface area contributed by atoms with Gasteiger partial charge in [0.15, 0.2) is 0 Å². The minimum atomic E-state index is 0.365. The molecule has 1 saturated heterocycles. The summed E-state index contributed by atoms with van der Waals surface area (Å²) in [6.07, 6.45) is 4.29. The summed E-state index contributed by atoms with van der Waals surface area (Å²) in [7, 11) is 0. The van der Waals surface area contributed by atoms with Crippen LogP contribution in [-0.2, 0) is 0 Å². The maximum atomic E-state index is 4.39. The molecule has 0 saturated carbocycles. The van der Waals surface area contributed by atoms with Crippen LogP contribution in [0.5, 0.6) is 0 Å². The van der Waals surface area contributed by atoms with Crippen LogP contribution in [0, 0.1) is 6.92 Å². The van der Waals surface area contributed by atoms with Gasteiger partial charge in [0, 0.05) is 11.3 Å². The van der Waals surface area contributed by atoms with Crippen molar-refractivity contribution in [2.24, 2.45) is 0 Å². The SMILES string of the molecule is Cc1csc2c(NCC3(C)CCCS3)ncnc12. The van der Waals surface area contributed by atoms with Gasteiger partial charge in [0.1, 0.15) is 12.1 Å². The summed E-state index contributed by atoms with van der Waals surface area (Å²) in [4.78, 5) is 8.74. The Morgan fingerprint density at radius 3 is 3.11 bits per heavy atom. The van der Waals surface area contributed by atoms with Crippen LogP contribution in [0.15, 0.2) is 11.7 Å². The molecule has 2 aromatic rings. The van der Waals surface area contributed by atoms with E-state index in [1.165, 1.54) is 28.9 Å². The predicted octanol–water partition coefficient (Wildman–Crippen LogP) is 3.70. The predicted molar refractivity (Wildman–Crippen MR) is 80.7 cm³/mol. The van der Waals surface area contributed by atoms with Gasteiger partial charge in [0.25, 0.3) is 0 Å². The first kappa shape index (κ1) is 12.2. The van der Waals surface area contributed by atoms with E-state index in [2.05, 4.69) is 46.3 Å². The molecule has 1 unspecified atom stereocenters. The molecule has 1 fully saturated rings. The number of anilines is 1. The Balaban J connectivity index is 1.82. The van der Waals surface area contributed by atoms with Crippen molar-refractivity contribution >= 4 is 39.1 Å². The van der Waals surface area contributed by atoms with Crippen molar-refractivity contribution in [1.29, 1.82) is 0 Å². The number of aromatic nitrogens is 2. The van der Waals surface area contributed by atoms with Crippen LogP contribution in [0.25, 0.3) is 10.2 Å². The Kier molecular flexibility index (Phi) is 3.20. The summed E-state index contributed by atoms with van der Waals surface area (Å²) in [6.45, 7) is 5.43. The maximum absolute atomic E-state index is 4.39. The Morgan fingerprint density at radius 2 is 2.33 bits per heavy atom. The molecule has 0 amide bonds. The summed E-state index contributed by atoms with van der Waals surface area (Å²) in [5.41, 5.74) is 2.32. The molecular weight excluding hydrogens is 262 g/mol. The third kappa shape index (κ3) is 2.21. The van der Waals surface area contributed by atoms with Crippen molar-refractivity contribution in [2.45, 2.75) is 31.4 Å². The third-order valence-corrected chi connectivity index (χ3v) is 6.09. The zero-order valence-corrected chi connectivity index (χ0v) is 12.3. The van der Waals surface area contributed by atoms with Gasteiger partial charge < -0.3 is 5.32 Å². The van der Waals surface area contributed by atoms with Gasteiger partial charge >= 0.3 is 0 Å². The van der Waals surface area contributed by atoms with Crippen molar-refractivity contribution in [3.63, 3.8) is 0 Å². The van der Waals surface area contributed by atoms with E-state index >= 15 is 0 Å². The van der Waals surface area contributed by atoms with E-state index in [1.807, 2.05) is 0 Å². The quantitative estimate of drug-likeness (QED) is 0.929. The number of hydrogen-bond acceptors (Lipinski definition) is 5. The monoisotopic (exact) mass is 279 g/mol. The minimum absolute atomic E-state index is 0.365. The van der Waals surface area contributed by atoms with E-state index in [4.69, 9.17) is 0 Å². The normalized spacial score (nSPS) is 23.7. The molecule has 0 radical (unpaired) electrons. The average Bonchev–Trinajstić information content (AvgIpc) is 2.96. The van der Waals surface area contributed by atoms with E-state index in [1.54, 1.807) is 17.7 Å². The van der Waals surface area contributed by atoms with Gasteiger partial charge in [0.05, 0.1) is 10.2 Å². The van der Waals surface area contributed by atoms with E-state index in [0.717, 1.165) is 17.9 Å². The molecule has 1 aliphatic rings. The molecule has 5 heteroatoms. The number of rotatable bonds is 3. The number of aryl methyl sites for hydroxylation is 1. The Morgan fingerprint density at radius 1 is 1.44 bits per heavy atom. The van der Waals surface area contributed by atoms with Crippen LogP contribution in [0.4, 0.5) is 5.82 Å². The molecule has 0 bridgehead atoms. The topological polar surface area (TPSA) is 37.8 Å². The Bertz CT molecular complexity index is 558. The number of thioether (sulfide) groups is 1. The number of nitrogens with zero attached hydrogens (tertiary/aromatic N) is 2. The van der Waals surface area contributed by atoms with E-state index in [-0.39, 0.29) is 0 Å². The first-order valence-electron chi connectivity index (χ1n) is 6.25. The van der Waals surface area contributed by atoms with Crippen LogP contribution in [0.1, 0.15) is 25.3 Å². The fourth-order valence-corrected chi connectivity index (χ4v) is 4.55. The van der Waals surface area contributed by atoms with Crippen molar-refractivity contribution in [1.82, 2.24) is 9.97 Å². The zero-order valence-electron chi connectivity index (χ0n) is 10.7. The molecule has 0 aliphatic carbocycles. The lowest BCUT2D eigenvalue weighted by atomic mass is 10.1. The first-order chi connectivity index (χ1) is 8.68. The highest BCUT2D eigenvalue weighted by molar-refractivity contribution is 8.00. The highest BCUT2D eigenvalue weighted by Gasteiger charge is 2.29. The molecule has 0 spiro atoms. The van der Waals surface area contributed by atoms with Crippen molar-refractivity contribution in [3.8, 4) is 0 Å². The Labute approximate surface area is 115 Å². The smallest absolute Gasteiger partial charge is 0.147 e. The summed E-state index contributed by atoms with van der Waals surface area (Å²) in [6, 6.07) is 0. The first-order valence-corrected chi connectivity index (χ1v) is 8.11. The number of fused-ring (bicyclic) bond motifs is 1. The van der Waals surface area contributed by atoms with E-state index < -0.39 is 0 Å². The van der Waals surface area contributed by atoms with Crippen LogP contribution < -0.4 is 5.32 Å². The molecule has 96 valence electrons. The second-order valence-corrected chi connectivity index (χ2v) is 7.64. The fraction of sp³-hybridized carbons (Fsp3) is 0.538. The minimum Gasteiger partial charge on any atom is -0.367 e. The van der Waals surface area contributed by atoms with Crippen LogP contribution in [0.2, 0.25) is 0 Å². The van der Waals surface area contributed by atoms with Gasteiger partial charge in [-0.15, -0.1) is 11.3 Å². The molecule has 1 atom stereocenters. The van der Waals surface area contributed by atoms with Gasteiger partial charge in [0.2, 0.25) is 0 Å². The molecular formula is C13H17N3S2. The second-order valence-electron chi connectivity index (χ2n) is 5.07. The lowest BCUT2D eigenvalue weighted by Gasteiger charge is -2.23. The fourth-order valence-electron chi connectivity index (χ4n) is 2.34. The van der Waals surface area contributed by atoms with Crippen LogP contribution >= 0.6 is 23.1 Å². The van der Waals surface area contributed by atoms with Gasteiger partial charge in [-0.1, -0.05) is 0 Å². The van der Waals surface area contributed by atoms with Gasteiger partial charge in [-0.2, -0.15) is 11.8 Å². The number of nitrogens with one attached hydrogen (secondary N) is 1. The molecule has 18 heavy (non-hydrogen) atoms. The molecule has 3 rings (SSSR count). The molecule has 1 aliphatic heterocycles. The lowest BCUT2D eigenvalue weighted by molar-refractivity contribution is 0.634. The highest BCUT2D eigenvalue weighted by Crippen LogP contribution is 2.38. The van der Waals surface area contributed by atoms with Crippen molar-refractivity contribution in [3.05, 3.63) is 17.3 Å². The molecule has 2 aromatic heterocycles. The van der Waals surface area contributed by atoms with Crippen molar-refractivity contribution in [2.75, 3.05) is 17.6 Å². The van der Waals surface area contributed by atoms with Crippen LogP contribution in [-0.4, -0.2) is 27.0 Å². The number of thiophene rings is 1. The Hall–Kier alpha value is -0.810. The molecule has 1 N–H and O–H groups in total. The largest absolute Gasteiger partial charge is 0.367 e. The zero-order chi connectivity index (χ0) is 12.6. The standard InChI is InChI=1S/C13H17N3S2/c1-9-6-17-11-10(9)15-8-16-12(11)14-7-13(2)4-3-5-18-13/h6,8H,3-5,7H2,1-2H3,(H,14,15,16). The van der Waals surface area contributed by atoms with Gasteiger partial charge in [-0.05, 0) is 43.4 Å². The molecule has 3 heterocycles. The summed E-state index contributed by atoms with van der Waals surface area (Å²) in [5, 5.41) is 5.67. The summed E-state index contributed by atoms with van der Waals surface area (Å²) < 4.78 is 1.55. The number of hydrogen-bond donors (Lipinski definition) is 1. The van der Waals surface area contributed by atoms with Gasteiger partial charge in [-0.25, -0.2) is 9.97 Å². The third-order valence-electron chi connectivity index (χ3n) is 3.46. The second kappa shape index (κ2) is 4.70. The average molecular weight is 279 g/mol. The van der Waals surface area contributed by atoms with Gasteiger partial charge in [-0.3, -0.25) is 0 Å². The highest BCUT2D eigenvalue weighted by atomic mass is 32.2. The van der Waals surface area contributed by atoms with Crippen molar-refractivity contribution < 1.29 is 0 Å². The lowest BCUT2D eigenvalue weighted by Crippen LogP contribution is -2.27. The summed E-state index contributed by atoms with van der Waals surface area (Å²) in [5.74, 6) is 2.28. The van der Waals surface area contributed by atoms with Crippen LogP contribution in [0.3, 0.4) is 0 Å². The summed E-state index contributed by atoms with van der Waals surface area (Å²) >= 11 is 3.80. The molecule has 3 nitrogen and oxygen atoms in total.